The van der Waals surface area contributed by atoms with Crippen molar-refractivity contribution >= 4 is 55.0 Å². The van der Waals surface area contributed by atoms with Crippen molar-refractivity contribution in [3.63, 3.8) is 0 Å². The molecule has 0 saturated carbocycles. The molecule has 3 amide bonds. The van der Waals surface area contributed by atoms with Crippen LogP contribution in [0.4, 0.5) is 17.1 Å². The molecule has 14 nitrogen and oxygen atoms in total. The van der Waals surface area contributed by atoms with E-state index < -0.39 is 38.0 Å². The van der Waals surface area contributed by atoms with E-state index in [1.54, 1.807) is 0 Å². The van der Waals surface area contributed by atoms with Crippen molar-refractivity contribution in [2.75, 3.05) is 14.9 Å². The number of benzene rings is 2. The van der Waals surface area contributed by atoms with Gasteiger partial charge < -0.3 is 10.6 Å². The van der Waals surface area contributed by atoms with Crippen LogP contribution in [0.3, 0.4) is 0 Å². The molecule has 1 aliphatic heterocycles. The number of hydrogen-bond donors (Lipinski definition) is 7. The first-order chi connectivity index (χ1) is 24.4. The average Bonchev–Trinajstić information content (AvgIpc) is 3.03. The Labute approximate surface area is 309 Å². The maximum absolute atomic E-state index is 13.1. The molecule has 1 heterocycles. The summed E-state index contributed by atoms with van der Waals surface area (Å²) in [6.45, 7) is 10.4. The number of nitrogens with one attached hydrogen (secondary N) is 7. The number of carbonyl (C=O) groups is 3. The molecule has 0 radical (unpaired) electrons. The van der Waals surface area contributed by atoms with Crippen molar-refractivity contribution in [2.24, 2.45) is 0 Å². The zero-order valence-electron chi connectivity index (χ0n) is 31.1. The number of piperidine rings is 1. The lowest BCUT2D eigenvalue weighted by Gasteiger charge is -2.46. The van der Waals surface area contributed by atoms with Gasteiger partial charge in [-0.15, -0.1) is 0 Å². The van der Waals surface area contributed by atoms with Crippen LogP contribution in [0, 0.1) is 0 Å². The smallest absolute Gasteiger partial charge is 0.327 e. The molecule has 7 N–H and O–H groups in total. The predicted molar refractivity (Wildman–Crippen MR) is 205 cm³/mol. The van der Waals surface area contributed by atoms with Gasteiger partial charge in [0.15, 0.2) is 0 Å². The largest absolute Gasteiger partial charge is 0.345 e. The Hall–Kier alpha value is -3.89. The molecule has 16 heteroatoms. The molecular formula is C36H57N7O7S2. The van der Waals surface area contributed by atoms with E-state index >= 15 is 0 Å². The lowest BCUT2D eigenvalue weighted by atomic mass is 9.79. The Morgan fingerprint density at radius 2 is 1.27 bits per heavy atom. The van der Waals surface area contributed by atoms with E-state index in [-0.39, 0.29) is 39.8 Å². The van der Waals surface area contributed by atoms with Crippen LogP contribution in [-0.2, 0) is 34.6 Å². The predicted octanol–water partition coefficient (Wildman–Crippen LogP) is 5.44. The number of carbonyl (C=O) groups excluding carboxylic acids is 3. The van der Waals surface area contributed by atoms with Crippen molar-refractivity contribution in [2.45, 2.75) is 140 Å². The second-order valence-electron chi connectivity index (χ2n) is 14.8. The Kier molecular flexibility index (Phi) is 15.8. The van der Waals surface area contributed by atoms with Crippen molar-refractivity contribution in [3.05, 3.63) is 48.5 Å². The van der Waals surface area contributed by atoms with Gasteiger partial charge in [0.2, 0.25) is 5.91 Å². The Morgan fingerprint density at radius 1 is 0.712 bits per heavy atom. The highest BCUT2D eigenvalue weighted by Gasteiger charge is 2.38. The fraction of sp³-hybridized carbons (Fsp3) is 0.583. The minimum Gasteiger partial charge on any atom is -0.345 e. The molecular weight excluding hydrogens is 707 g/mol. The van der Waals surface area contributed by atoms with Gasteiger partial charge in [0.25, 0.3) is 10.0 Å². The highest BCUT2D eigenvalue weighted by atomic mass is 32.2. The topological polar surface area (TPSA) is 204 Å². The van der Waals surface area contributed by atoms with Crippen LogP contribution >= 0.6 is 0 Å². The third-order valence-corrected chi connectivity index (χ3v) is 11.0. The zero-order valence-corrected chi connectivity index (χ0v) is 32.7. The van der Waals surface area contributed by atoms with Gasteiger partial charge in [-0.05, 0) is 89.4 Å². The molecule has 0 spiro atoms. The molecule has 1 saturated heterocycles. The minimum absolute atomic E-state index is 0.0472. The molecule has 290 valence electrons. The summed E-state index contributed by atoms with van der Waals surface area (Å²) in [6, 6.07) is 10.9. The Balaban J connectivity index is 1.44. The van der Waals surface area contributed by atoms with Gasteiger partial charge in [0.1, 0.15) is 0 Å². The Morgan fingerprint density at radius 3 is 1.87 bits per heavy atom. The fourth-order valence-electron chi connectivity index (χ4n) is 6.58. The SMILES string of the molecule is CCCCCCCCCCCCC(=O)NS(=O)(=O)Nc1cccc(S(=O)(=O)Nc2ccc(NNC(=O)C(=O)NC3CC(C)(C)NC(C)(C)C3)cc2)c1. The zero-order chi connectivity index (χ0) is 38.4. The van der Waals surface area contributed by atoms with E-state index in [9.17, 15) is 31.2 Å². The van der Waals surface area contributed by atoms with Gasteiger partial charge in [0.05, 0.1) is 16.3 Å². The van der Waals surface area contributed by atoms with E-state index in [4.69, 9.17) is 0 Å². The van der Waals surface area contributed by atoms with Crippen LogP contribution < -0.4 is 35.7 Å². The normalized spacial score (nSPS) is 15.6. The first-order valence-electron chi connectivity index (χ1n) is 18.1. The average molecular weight is 764 g/mol. The van der Waals surface area contributed by atoms with Crippen LogP contribution in [-0.4, -0.2) is 51.7 Å². The maximum atomic E-state index is 13.1. The number of amides is 3. The quantitative estimate of drug-likeness (QED) is 0.0521. The van der Waals surface area contributed by atoms with Gasteiger partial charge in [-0.25, -0.2) is 13.1 Å². The number of anilines is 3. The second kappa shape index (κ2) is 19.3. The summed E-state index contributed by atoms with van der Waals surface area (Å²) in [5, 5.41) is 6.32. The number of rotatable bonds is 20. The lowest BCUT2D eigenvalue weighted by Crippen LogP contribution is -2.63. The van der Waals surface area contributed by atoms with Crippen molar-refractivity contribution in [3.8, 4) is 0 Å². The van der Waals surface area contributed by atoms with Crippen molar-refractivity contribution in [1.82, 2.24) is 20.8 Å². The summed E-state index contributed by atoms with van der Waals surface area (Å²) in [5.41, 5.74) is 5.11. The van der Waals surface area contributed by atoms with E-state index in [0.29, 0.717) is 24.9 Å². The molecule has 0 aliphatic carbocycles. The first-order valence-corrected chi connectivity index (χ1v) is 21.1. The van der Waals surface area contributed by atoms with Gasteiger partial charge in [-0.1, -0.05) is 70.8 Å². The molecule has 52 heavy (non-hydrogen) atoms. The molecule has 0 unspecified atom stereocenters. The molecule has 0 bridgehead atoms. The highest BCUT2D eigenvalue weighted by molar-refractivity contribution is 7.92. The van der Waals surface area contributed by atoms with Crippen LogP contribution in [0.5, 0.6) is 0 Å². The molecule has 2 aromatic carbocycles. The van der Waals surface area contributed by atoms with Crippen molar-refractivity contribution in [1.29, 1.82) is 0 Å². The van der Waals surface area contributed by atoms with Crippen LogP contribution in [0.2, 0.25) is 0 Å². The monoisotopic (exact) mass is 763 g/mol. The standard InChI is InChI=1S/C36H57N7O7S2/c1-6-7-8-9-10-11-12-13-14-15-19-32(44)42-52(49,50)41-29-17-16-18-31(24-29)51(47,48)40-28-22-20-27(21-23-28)38-39-34(46)33(45)37-30-25-35(2,3)43-36(4,5)26-30/h16-18,20-24,30,38,40-41,43H,6-15,19,25-26H2,1-5H3,(H,37,45)(H,39,46)(H,42,44). The molecule has 0 aromatic heterocycles. The van der Waals surface area contributed by atoms with Crippen molar-refractivity contribution < 1.29 is 31.2 Å². The number of hydrogen-bond acceptors (Lipinski definition) is 9. The second-order valence-corrected chi connectivity index (χ2v) is 17.9. The Bertz CT molecular complexity index is 1700. The van der Waals surface area contributed by atoms with Crippen LogP contribution in [0.25, 0.3) is 0 Å². The van der Waals surface area contributed by atoms with Gasteiger partial charge >= 0.3 is 22.0 Å². The third kappa shape index (κ3) is 15.4. The van der Waals surface area contributed by atoms with E-state index in [1.165, 1.54) is 81.0 Å². The summed E-state index contributed by atoms with van der Waals surface area (Å²) in [5.74, 6) is -2.28. The van der Waals surface area contributed by atoms with Crippen LogP contribution in [0.1, 0.15) is 118 Å². The van der Waals surface area contributed by atoms with E-state index in [1.807, 2.05) is 32.4 Å². The minimum atomic E-state index is -4.29. The lowest BCUT2D eigenvalue weighted by molar-refractivity contribution is -0.139. The highest BCUT2D eigenvalue weighted by Crippen LogP contribution is 2.28. The number of sulfonamides is 1. The summed E-state index contributed by atoms with van der Waals surface area (Å²) < 4.78 is 58.0. The molecule has 1 aliphatic rings. The van der Waals surface area contributed by atoms with Gasteiger partial charge in [-0.3, -0.25) is 34.7 Å². The van der Waals surface area contributed by atoms with E-state index in [2.05, 4.69) is 37.9 Å². The third-order valence-electron chi connectivity index (χ3n) is 8.59. The summed E-state index contributed by atoms with van der Waals surface area (Å²) in [7, 11) is -8.43. The number of unbranched alkanes of at least 4 members (excludes halogenated alkanes) is 9. The summed E-state index contributed by atoms with van der Waals surface area (Å²) in [6.07, 6.45) is 12.3. The fourth-order valence-corrected chi connectivity index (χ4v) is 8.57. The van der Waals surface area contributed by atoms with Crippen LogP contribution in [0.15, 0.2) is 53.4 Å². The first kappa shape index (κ1) is 42.5. The molecule has 2 aromatic rings. The molecule has 0 atom stereocenters. The maximum Gasteiger partial charge on any atom is 0.327 e. The molecule has 1 fully saturated rings. The van der Waals surface area contributed by atoms with Gasteiger partial charge in [-0.2, -0.15) is 8.42 Å². The summed E-state index contributed by atoms with van der Waals surface area (Å²) >= 11 is 0. The van der Waals surface area contributed by atoms with Gasteiger partial charge in [0, 0.05) is 29.2 Å². The number of hydrazine groups is 1. The van der Waals surface area contributed by atoms with E-state index in [0.717, 1.165) is 25.3 Å². The molecule has 3 rings (SSSR count). The summed E-state index contributed by atoms with van der Waals surface area (Å²) in [4.78, 5) is 37.0.